The van der Waals surface area contributed by atoms with E-state index in [2.05, 4.69) is 42.1 Å². The van der Waals surface area contributed by atoms with Gasteiger partial charge in [-0.05, 0) is 19.8 Å². The van der Waals surface area contributed by atoms with Crippen molar-refractivity contribution in [1.82, 2.24) is 0 Å². The van der Waals surface area contributed by atoms with Crippen LogP contribution >= 0.6 is 15.9 Å². The lowest BCUT2D eigenvalue weighted by molar-refractivity contribution is 1.00. The third-order valence-corrected chi connectivity index (χ3v) is 2.34. The van der Waals surface area contributed by atoms with Crippen molar-refractivity contribution in [3.8, 4) is 0 Å². The summed E-state index contributed by atoms with van der Waals surface area (Å²) in [6.07, 6.45) is 6.14. The first-order valence-electron chi connectivity index (χ1n) is 3.72. The van der Waals surface area contributed by atoms with E-state index in [4.69, 9.17) is 0 Å². The van der Waals surface area contributed by atoms with Gasteiger partial charge in [-0.1, -0.05) is 52.4 Å². The van der Waals surface area contributed by atoms with Crippen LogP contribution in [0.15, 0.2) is 36.5 Å². The van der Waals surface area contributed by atoms with Gasteiger partial charge in [0.2, 0.25) is 0 Å². The molecule has 0 saturated heterocycles. The number of allylic oxidation sites excluding steroid dienone is 4. The second-order valence-electron chi connectivity index (χ2n) is 2.59. The first-order valence-corrected chi connectivity index (χ1v) is 4.84. The molecule has 0 aliphatic carbocycles. The molecule has 0 unspecified atom stereocenters. The van der Waals surface area contributed by atoms with Crippen LogP contribution in [-0.2, 0) is 0 Å². The summed E-state index contributed by atoms with van der Waals surface area (Å²) in [6.45, 7) is 9.60. The molecule has 0 aromatic rings. The fourth-order valence-electron chi connectivity index (χ4n) is 0.661. The van der Waals surface area contributed by atoms with Crippen LogP contribution in [0.4, 0.5) is 0 Å². The number of alkyl halides is 1. The summed E-state index contributed by atoms with van der Waals surface area (Å²) < 4.78 is 0. The van der Waals surface area contributed by atoms with Gasteiger partial charge < -0.3 is 0 Å². The van der Waals surface area contributed by atoms with Crippen molar-refractivity contribution < 1.29 is 0 Å². The summed E-state index contributed by atoms with van der Waals surface area (Å²) in [5.41, 5.74) is 2.49. The Balaban J connectivity index is 3.55. The fraction of sp³-hybridized carbons (Fsp3) is 0.400. The van der Waals surface area contributed by atoms with E-state index in [0.717, 1.165) is 23.7 Å². The highest BCUT2D eigenvalue weighted by Crippen LogP contribution is 2.06. The van der Waals surface area contributed by atoms with E-state index in [1.807, 2.05) is 6.08 Å². The standard InChI is InChI=1S/C10H15Br/c1-4-9(2)6-5-7-10(3)8-11/h4,7H,1-2,5-6,8H2,3H3/b10-7+. The molecule has 11 heavy (non-hydrogen) atoms. The van der Waals surface area contributed by atoms with Crippen LogP contribution in [0.5, 0.6) is 0 Å². The molecular weight excluding hydrogens is 200 g/mol. The van der Waals surface area contributed by atoms with Gasteiger partial charge in [0, 0.05) is 5.33 Å². The lowest BCUT2D eigenvalue weighted by Gasteiger charge is -1.96. The molecule has 0 heterocycles. The van der Waals surface area contributed by atoms with E-state index >= 15 is 0 Å². The topological polar surface area (TPSA) is 0 Å². The van der Waals surface area contributed by atoms with Gasteiger partial charge in [-0.3, -0.25) is 0 Å². The van der Waals surface area contributed by atoms with Crippen LogP contribution in [0.1, 0.15) is 19.8 Å². The van der Waals surface area contributed by atoms with Crippen LogP contribution < -0.4 is 0 Å². The van der Waals surface area contributed by atoms with Crippen LogP contribution in [0, 0.1) is 0 Å². The molecule has 0 amide bonds. The van der Waals surface area contributed by atoms with Gasteiger partial charge in [0.05, 0.1) is 0 Å². The molecule has 0 spiro atoms. The Bertz CT molecular complexity index is 166. The third-order valence-electron chi connectivity index (χ3n) is 1.46. The Morgan fingerprint density at radius 2 is 2.18 bits per heavy atom. The Labute approximate surface area is 77.8 Å². The number of hydrogen-bond donors (Lipinski definition) is 0. The van der Waals surface area contributed by atoms with Crippen molar-refractivity contribution >= 4 is 15.9 Å². The van der Waals surface area contributed by atoms with Crippen molar-refractivity contribution in [2.75, 3.05) is 5.33 Å². The molecule has 0 nitrogen and oxygen atoms in total. The van der Waals surface area contributed by atoms with Crippen molar-refractivity contribution in [2.24, 2.45) is 0 Å². The van der Waals surface area contributed by atoms with E-state index in [1.54, 1.807) is 0 Å². The van der Waals surface area contributed by atoms with Crippen LogP contribution in [0.2, 0.25) is 0 Å². The summed E-state index contributed by atoms with van der Waals surface area (Å²) in [7, 11) is 0. The minimum atomic E-state index is 0.966. The average Bonchev–Trinajstić information content (AvgIpc) is 2.04. The van der Waals surface area contributed by atoms with E-state index in [-0.39, 0.29) is 0 Å². The Morgan fingerprint density at radius 1 is 1.55 bits per heavy atom. The second kappa shape index (κ2) is 6.41. The quantitative estimate of drug-likeness (QED) is 0.371. The minimum absolute atomic E-state index is 0.966. The van der Waals surface area contributed by atoms with Crippen molar-refractivity contribution in [3.05, 3.63) is 36.5 Å². The monoisotopic (exact) mass is 214 g/mol. The molecule has 1 heteroatoms. The average molecular weight is 215 g/mol. The van der Waals surface area contributed by atoms with Gasteiger partial charge in [0.1, 0.15) is 0 Å². The zero-order valence-corrected chi connectivity index (χ0v) is 8.65. The SMILES string of the molecule is C=CC(=C)CC/C=C(\C)CBr. The Kier molecular flexibility index (Phi) is 6.24. The molecule has 0 radical (unpaired) electrons. The number of rotatable bonds is 5. The second-order valence-corrected chi connectivity index (χ2v) is 3.15. The smallest absolute Gasteiger partial charge is 0.0239 e. The maximum Gasteiger partial charge on any atom is 0.0239 e. The van der Waals surface area contributed by atoms with E-state index in [0.29, 0.717) is 0 Å². The summed E-state index contributed by atoms with van der Waals surface area (Å²) in [6, 6.07) is 0. The fourth-order valence-corrected chi connectivity index (χ4v) is 0.889. The normalized spacial score (nSPS) is 11.3. The van der Waals surface area contributed by atoms with Crippen molar-refractivity contribution in [2.45, 2.75) is 19.8 Å². The predicted molar refractivity (Wildman–Crippen MR) is 56.1 cm³/mol. The molecule has 0 aliphatic heterocycles. The molecule has 0 aliphatic rings. The van der Waals surface area contributed by atoms with Gasteiger partial charge in [-0.25, -0.2) is 0 Å². The first kappa shape index (κ1) is 10.7. The maximum atomic E-state index is 3.84. The van der Waals surface area contributed by atoms with Crippen LogP contribution in [0.25, 0.3) is 0 Å². The molecule has 0 N–H and O–H groups in total. The highest BCUT2D eigenvalue weighted by atomic mass is 79.9. The Morgan fingerprint density at radius 3 is 2.64 bits per heavy atom. The third kappa shape index (κ3) is 6.11. The highest BCUT2D eigenvalue weighted by Gasteiger charge is 1.87. The molecule has 0 atom stereocenters. The molecule has 0 aromatic carbocycles. The van der Waals surface area contributed by atoms with E-state index < -0.39 is 0 Å². The first-order chi connectivity index (χ1) is 5.20. The number of halogens is 1. The van der Waals surface area contributed by atoms with E-state index in [1.165, 1.54) is 5.57 Å². The van der Waals surface area contributed by atoms with Gasteiger partial charge in [0.15, 0.2) is 0 Å². The summed E-state index contributed by atoms with van der Waals surface area (Å²) in [5, 5.41) is 0.966. The van der Waals surface area contributed by atoms with Gasteiger partial charge >= 0.3 is 0 Å². The minimum Gasteiger partial charge on any atom is -0.0988 e. The number of hydrogen-bond acceptors (Lipinski definition) is 0. The zero-order valence-electron chi connectivity index (χ0n) is 7.07. The van der Waals surface area contributed by atoms with Gasteiger partial charge in [0.25, 0.3) is 0 Å². The molecule has 0 aromatic heterocycles. The van der Waals surface area contributed by atoms with Crippen LogP contribution in [-0.4, -0.2) is 5.33 Å². The van der Waals surface area contributed by atoms with E-state index in [9.17, 15) is 0 Å². The predicted octanol–water partition coefficient (Wildman–Crippen LogP) is 3.85. The van der Waals surface area contributed by atoms with Gasteiger partial charge in [-0.15, -0.1) is 0 Å². The highest BCUT2D eigenvalue weighted by molar-refractivity contribution is 9.09. The van der Waals surface area contributed by atoms with Gasteiger partial charge in [-0.2, -0.15) is 0 Å². The van der Waals surface area contributed by atoms with Crippen molar-refractivity contribution in [1.29, 1.82) is 0 Å². The Hall–Kier alpha value is -0.300. The molecule has 0 fully saturated rings. The molecule has 0 rings (SSSR count). The summed E-state index contributed by atoms with van der Waals surface area (Å²) in [4.78, 5) is 0. The summed E-state index contributed by atoms with van der Waals surface area (Å²) >= 11 is 3.39. The van der Waals surface area contributed by atoms with Crippen LogP contribution in [0.3, 0.4) is 0 Å². The lowest BCUT2D eigenvalue weighted by atomic mass is 10.1. The maximum absolute atomic E-state index is 3.84. The summed E-state index contributed by atoms with van der Waals surface area (Å²) in [5.74, 6) is 0. The molecule has 62 valence electrons. The molecular formula is C10H15Br. The molecule has 0 saturated carbocycles. The lowest BCUT2D eigenvalue weighted by Crippen LogP contribution is -1.78. The van der Waals surface area contributed by atoms with Crippen molar-refractivity contribution in [3.63, 3.8) is 0 Å². The molecule has 0 bridgehead atoms. The zero-order chi connectivity index (χ0) is 8.69. The largest absolute Gasteiger partial charge is 0.0988 e.